The summed E-state index contributed by atoms with van der Waals surface area (Å²) in [6, 6.07) is 0.729. The van der Waals surface area contributed by atoms with E-state index in [0.29, 0.717) is 0 Å². The van der Waals surface area contributed by atoms with Gasteiger partial charge in [-0.2, -0.15) is 0 Å². The fraction of sp³-hybridized carbons (Fsp3) is 1.00. The Labute approximate surface area is 131 Å². The smallest absolute Gasteiger partial charge is 0.0610 e. The second-order valence-corrected chi connectivity index (χ2v) is 6.95. The molecule has 0 spiro atoms. The van der Waals surface area contributed by atoms with Crippen molar-refractivity contribution in [1.82, 2.24) is 15.1 Å². The zero-order valence-corrected chi connectivity index (χ0v) is 14.7. The van der Waals surface area contributed by atoms with E-state index in [-0.39, 0.29) is 12.1 Å². The number of hydrogen-bond acceptors (Lipinski definition) is 4. The third-order valence-electron chi connectivity index (χ3n) is 4.94. The van der Waals surface area contributed by atoms with Crippen molar-refractivity contribution in [2.24, 2.45) is 0 Å². The van der Waals surface area contributed by atoms with Gasteiger partial charge in [-0.05, 0) is 52.7 Å². The molecule has 1 aliphatic rings. The van der Waals surface area contributed by atoms with Crippen molar-refractivity contribution in [3.8, 4) is 0 Å². The van der Waals surface area contributed by atoms with Gasteiger partial charge in [-0.25, -0.2) is 0 Å². The van der Waals surface area contributed by atoms with E-state index in [2.05, 4.69) is 42.9 Å². The van der Waals surface area contributed by atoms with Gasteiger partial charge in [0.2, 0.25) is 0 Å². The molecule has 4 nitrogen and oxygen atoms in total. The number of hydrogen-bond donors (Lipinski definition) is 2. The monoisotopic (exact) mass is 299 g/mol. The molecular weight excluding hydrogens is 262 g/mol. The number of likely N-dealkylation sites (N-methyl/N-ethyl adjacent to an activating group) is 1. The van der Waals surface area contributed by atoms with Gasteiger partial charge in [-0.3, -0.25) is 0 Å². The van der Waals surface area contributed by atoms with Crippen LogP contribution in [-0.2, 0) is 0 Å². The highest BCUT2D eigenvalue weighted by molar-refractivity contribution is 4.83. The van der Waals surface area contributed by atoms with E-state index < -0.39 is 0 Å². The van der Waals surface area contributed by atoms with Gasteiger partial charge >= 0.3 is 0 Å². The zero-order chi connectivity index (χ0) is 15.7. The van der Waals surface area contributed by atoms with E-state index in [1.165, 1.54) is 45.4 Å². The van der Waals surface area contributed by atoms with Gasteiger partial charge in [-0.15, -0.1) is 0 Å². The molecule has 21 heavy (non-hydrogen) atoms. The van der Waals surface area contributed by atoms with Crippen LogP contribution in [-0.4, -0.2) is 72.9 Å². The minimum absolute atomic E-state index is 0.0932. The summed E-state index contributed by atoms with van der Waals surface area (Å²) in [6.07, 6.45) is 5.86. The summed E-state index contributed by atoms with van der Waals surface area (Å²) in [5.41, 5.74) is -0.0932. The summed E-state index contributed by atoms with van der Waals surface area (Å²) in [4.78, 5) is 5.11. The van der Waals surface area contributed by atoms with Crippen LogP contribution in [0.5, 0.6) is 0 Å². The van der Waals surface area contributed by atoms with E-state index in [1.54, 1.807) is 0 Å². The summed E-state index contributed by atoms with van der Waals surface area (Å²) in [6.45, 7) is 12.7. The lowest BCUT2D eigenvalue weighted by atomic mass is 9.95. The standard InChI is InChI=1S/C17H37N3O/c1-5-10-18-17(3,15-21)9-7-8-11-20-13-12-19(4)16(6-2)14-20/h16,18,21H,5-15H2,1-4H3. The SMILES string of the molecule is CCCNC(C)(CO)CCCCN1CCN(C)C(CC)C1. The van der Waals surface area contributed by atoms with Gasteiger partial charge in [0.15, 0.2) is 0 Å². The van der Waals surface area contributed by atoms with Crippen molar-refractivity contribution in [2.45, 2.75) is 64.5 Å². The quantitative estimate of drug-likeness (QED) is 0.605. The van der Waals surface area contributed by atoms with Crippen LogP contribution in [0.1, 0.15) is 52.9 Å². The van der Waals surface area contributed by atoms with Crippen molar-refractivity contribution in [3.05, 3.63) is 0 Å². The van der Waals surface area contributed by atoms with Crippen molar-refractivity contribution in [3.63, 3.8) is 0 Å². The number of rotatable bonds is 10. The minimum Gasteiger partial charge on any atom is -0.394 e. The number of nitrogens with zero attached hydrogens (tertiary/aromatic N) is 2. The normalized spacial score (nSPS) is 24.1. The van der Waals surface area contributed by atoms with Gasteiger partial charge in [0.25, 0.3) is 0 Å². The van der Waals surface area contributed by atoms with Crippen LogP contribution in [0.4, 0.5) is 0 Å². The van der Waals surface area contributed by atoms with Crippen LogP contribution in [0.25, 0.3) is 0 Å². The predicted octanol–water partition coefficient (Wildman–Crippen LogP) is 1.93. The van der Waals surface area contributed by atoms with Crippen LogP contribution in [0.3, 0.4) is 0 Å². The number of unbranched alkanes of at least 4 members (excludes halogenated alkanes) is 1. The molecule has 0 aliphatic carbocycles. The van der Waals surface area contributed by atoms with Gasteiger partial charge in [-0.1, -0.05) is 20.3 Å². The lowest BCUT2D eigenvalue weighted by molar-refractivity contribution is 0.0905. The second-order valence-electron chi connectivity index (χ2n) is 6.95. The highest BCUT2D eigenvalue weighted by Crippen LogP contribution is 2.15. The maximum Gasteiger partial charge on any atom is 0.0610 e. The third kappa shape index (κ3) is 6.64. The molecule has 0 saturated carbocycles. The Morgan fingerprint density at radius 3 is 2.62 bits per heavy atom. The summed E-state index contributed by atoms with van der Waals surface area (Å²) < 4.78 is 0. The first-order valence-electron chi connectivity index (χ1n) is 8.83. The minimum atomic E-state index is -0.0932. The van der Waals surface area contributed by atoms with Crippen LogP contribution in [0.2, 0.25) is 0 Å². The Kier molecular flexibility index (Phi) is 8.79. The highest BCUT2D eigenvalue weighted by atomic mass is 16.3. The fourth-order valence-corrected chi connectivity index (χ4v) is 3.16. The molecule has 1 heterocycles. The first kappa shape index (κ1) is 18.9. The first-order valence-corrected chi connectivity index (χ1v) is 8.83. The molecule has 2 unspecified atom stereocenters. The maximum absolute atomic E-state index is 9.58. The van der Waals surface area contributed by atoms with E-state index in [4.69, 9.17) is 0 Å². The Morgan fingerprint density at radius 1 is 1.24 bits per heavy atom. The molecule has 0 radical (unpaired) electrons. The molecule has 126 valence electrons. The summed E-state index contributed by atoms with van der Waals surface area (Å²) in [5, 5.41) is 13.1. The lowest BCUT2D eigenvalue weighted by Crippen LogP contribution is -2.51. The zero-order valence-electron chi connectivity index (χ0n) is 14.7. The average molecular weight is 300 g/mol. The molecule has 0 aromatic heterocycles. The molecule has 0 amide bonds. The van der Waals surface area contributed by atoms with E-state index in [9.17, 15) is 5.11 Å². The molecule has 2 atom stereocenters. The number of aliphatic hydroxyl groups is 1. The molecule has 4 heteroatoms. The number of aliphatic hydroxyl groups excluding tert-OH is 1. The molecule has 1 aliphatic heterocycles. The number of nitrogens with one attached hydrogen (secondary N) is 1. The van der Waals surface area contributed by atoms with Crippen LogP contribution >= 0.6 is 0 Å². The van der Waals surface area contributed by atoms with E-state index in [0.717, 1.165) is 25.4 Å². The van der Waals surface area contributed by atoms with E-state index >= 15 is 0 Å². The van der Waals surface area contributed by atoms with Gasteiger partial charge in [0.1, 0.15) is 0 Å². The second kappa shape index (κ2) is 9.78. The molecule has 1 rings (SSSR count). The Bertz CT molecular complexity index is 275. The summed E-state index contributed by atoms with van der Waals surface area (Å²) in [7, 11) is 2.25. The van der Waals surface area contributed by atoms with Gasteiger partial charge < -0.3 is 20.2 Å². The molecule has 1 saturated heterocycles. The van der Waals surface area contributed by atoms with Crippen molar-refractivity contribution >= 4 is 0 Å². The molecule has 1 fully saturated rings. The van der Waals surface area contributed by atoms with Crippen LogP contribution in [0, 0.1) is 0 Å². The lowest BCUT2D eigenvalue weighted by Gasteiger charge is -2.39. The van der Waals surface area contributed by atoms with E-state index in [1.807, 2.05) is 0 Å². The predicted molar refractivity (Wildman–Crippen MR) is 90.8 cm³/mol. The highest BCUT2D eigenvalue weighted by Gasteiger charge is 2.24. The fourth-order valence-electron chi connectivity index (χ4n) is 3.16. The third-order valence-corrected chi connectivity index (χ3v) is 4.94. The largest absolute Gasteiger partial charge is 0.394 e. The van der Waals surface area contributed by atoms with Crippen molar-refractivity contribution in [2.75, 3.05) is 46.4 Å². The molecular formula is C17H37N3O. The Balaban J connectivity index is 2.21. The van der Waals surface area contributed by atoms with Crippen LogP contribution < -0.4 is 5.32 Å². The molecule has 0 aromatic carbocycles. The maximum atomic E-state index is 9.58. The summed E-state index contributed by atoms with van der Waals surface area (Å²) >= 11 is 0. The number of piperazine rings is 1. The molecule has 0 bridgehead atoms. The molecule has 0 aromatic rings. The summed E-state index contributed by atoms with van der Waals surface area (Å²) in [5.74, 6) is 0. The van der Waals surface area contributed by atoms with Gasteiger partial charge in [0.05, 0.1) is 6.61 Å². The Morgan fingerprint density at radius 2 is 2.00 bits per heavy atom. The first-order chi connectivity index (χ1) is 10.0. The van der Waals surface area contributed by atoms with Crippen molar-refractivity contribution < 1.29 is 5.11 Å². The van der Waals surface area contributed by atoms with Crippen molar-refractivity contribution in [1.29, 1.82) is 0 Å². The Hall–Kier alpha value is -0.160. The van der Waals surface area contributed by atoms with Gasteiger partial charge in [0, 0.05) is 31.2 Å². The average Bonchev–Trinajstić information content (AvgIpc) is 2.51. The van der Waals surface area contributed by atoms with Crippen LogP contribution in [0.15, 0.2) is 0 Å². The molecule has 2 N–H and O–H groups in total. The topological polar surface area (TPSA) is 38.7 Å².